The highest BCUT2D eigenvalue weighted by molar-refractivity contribution is 5.06. The van der Waals surface area contributed by atoms with Crippen molar-refractivity contribution in [3.63, 3.8) is 0 Å². The molecule has 0 amide bonds. The van der Waals surface area contributed by atoms with Crippen LogP contribution >= 0.6 is 0 Å². The van der Waals surface area contributed by atoms with Gasteiger partial charge in [-0.05, 0) is 50.5 Å². The van der Waals surface area contributed by atoms with E-state index in [-0.39, 0.29) is 0 Å². The Hall–Kier alpha value is -0.340. The Bertz CT molecular complexity index is 285. The summed E-state index contributed by atoms with van der Waals surface area (Å²) in [7, 11) is 0. The number of piperidine rings is 1. The Morgan fingerprint density at radius 1 is 1.06 bits per heavy atom. The smallest absolute Gasteiger partial charge is 0.0229 e. The topological polar surface area (TPSA) is 29.3 Å². The van der Waals surface area contributed by atoms with Crippen LogP contribution in [0, 0.1) is 11.8 Å². The Labute approximate surface area is 105 Å². The molecule has 2 nitrogen and oxygen atoms in total. The molecule has 2 N–H and O–H groups in total. The average Bonchev–Trinajstić information content (AvgIpc) is 2.75. The molecule has 0 radical (unpaired) electrons. The van der Waals surface area contributed by atoms with E-state index in [9.17, 15) is 0 Å². The van der Waals surface area contributed by atoms with Crippen LogP contribution in [0.3, 0.4) is 0 Å². The Morgan fingerprint density at radius 2 is 1.88 bits per heavy atom. The first kappa shape index (κ1) is 11.7. The van der Waals surface area contributed by atoms with Crippen molar-refractivity contribution in [3.05, 3.63) is 12.2 Å². The summed E-state index contributed by atoms with van der Waals surface area (Å²) in [5, 5.41) is 0. The predicted molar refractivity (Wildman–Crippen MR) is 71.8 cm³/mol. The Kier molecular flexibility index (Phi) is 3.53. The van der Waals surface area contributed by atoms with Crippen molar-refractivity contribution in [2.24, 2.45) is 17.6 Å². The zero-order chi connectivity index (χ0) is 11.7. The van der Waals surface area contributed by atoms with E-state index in [0.29, 0.717) is 6.04 Å². The molecule has 1 heterocycles. The van der Waals surface area contributed by atoms with Crippen LogP contribution in [-0.2, 0) is 0 Å². The lowest BCUT2D eigenvalue weighted by Gasteiger charge is -2.45. The van der Waals surface area contributed by atoms with Crippen molar-refractivity contribution in [1.82, 2.24) is 4.90 Å². The van der Waals surface area contributed by atoms with Crippen molar-refractivity contribution in [2.45, 2.75) is 57.0 Å². The van der Waals surface area contributed by atoms with Crippen LogP contribution in [0.25, 0.3) is 0 Å². The van der Waals surface area contributed by atoms with E-state index in [4.69, 9.17) is 5.73 Å². The third-order valence-corrected chi connectivity index (χ3v) is 5.03. The quantitative estimate of drug-likeness (QED) is 0.744. The first-order valence-corrected chi connectivity index (χ1v) is 7.51. The number of rotatable bonds is 2. The molecule has 2 fully saturated rings. The number of hydrogen-bond donors (Lipinski definition) is 1. The Balaban J connectivity index is 1.59. The fourth-order valence-electron chi connectivity index (χ4n) is 4.20. The molecule has 17 heavy (non-hydrogen) atoms. The van der Waals surface area contributed by atoms with Gasteiger partial charge in [0.15, 0.2) is 0 Å². The molecule has 4 unspecified atom stereocenters. The molecule has 2 aliphatic carbocycles. The molecule has 3 aliphatic rings. The summed E-state index contributed by atoms with van der Waals surface area (Å²) >= 11 is 0. The van der Waals surface area contributed by atoms with Crippen molar-refractivity contribution < 1.29 is 0 Å². The minimum Gasteiger partial charge on any atom is -0.324 e. The van der Waals surface area contributed by atoms with Gasteiger partial charge in [-0.2, -0.15) is 0 Å². The molecule has 3 rings (SSSR count). The largest absolute Gasteiger partial charge is 0.324 e. The predicted octanol–water partition coefficient (Wildman–Crippen LogP) is 2.54. The standard InChI is InChI=1S/C15H26N2/c16-14-8-7-12(10-14)11-17-9-3-5-13-4-1-2-6-15(13)17/h7-8,12-15H,1-6,9-11,16H2. The van der Waals surface area contributed by atoms with Gasteiger partial charge < -0.3 is 5.73 Å². The summed E-state index contributed by atoms with van der Waals surface area (Å²) in [6, 6.07) is 1.23. The normalized spacial score (nSPS) is 42.6. The van der Waals surface area contributed by atoms with Gasteiger partial charge in [-0.25, -0.2) is 0 Å². The maximum Gasteiger partial charge on any atom is 0.0229 e. The molecule has 1 aliphatic heterocycles. The van der Waals surface area contributed by atoms with Gasteiger partial charge in [0.25, 0.3) is 0 Å². The highest BCUT2D eigenvalue weighted by Gasteiger charge is 2.34. The minimum atomic E-state index is 0.326. The summed E-state index contributed by atoms with van der Waals surface area (Å²) in [4.78, 5) is 2.79. The van der Waals surface area contributed by atoms with Crippen molar-refractivity contribution >= 4 is 0 Å². The summed E-state index contributed by atoms with van der Waals surface area (Å²) < 4.78 is 0. The first-order valence-electron chi connectivity index (χ1n) is 7.51. The summed E-state index contributed by atoms with van der Waals surface area (Å²) in [6.45, 7) is 2.60. The molecule has 0 spiro atoms. The van der Waals surface area contributed by atoms with Crippen LogP contribution in [0.4, 0.5) is 0 Å². The fraction of sp³-hybridized carbons (Fsp3) is 0.867. The molecule has 2 heteroatoms. The van der Waals surface area contributed by atoms with Crippen molar-refractivity contribution in [1.29, 1.82) is 0 Å². The second kappa shape index (κ2) is 5.11. The molecule has 0 aromatic heterocycles. The van der Waals surface area contributed by atoms with E-state index in [1.807, 2.05) is 0 Å². The summed E-state index contributed by atoms with van der Waals surface area (Å²) in [5.41, 5.74) is 5.96. The van der Waals surface area contributed by atoms with E-state index >= 15 is 0 Å². The minimum absolute atomic E-state index is 0.326. The lowest BCUT2D eigenvalue weighted by molar-refractivity contribution is 0.0526. The van der Waals surface area contributed by atoms with Gasteiger partial charge >= 0.3 is 0 Å². The van der Waals surface area contributed by atoms with E-state index in [1.54, 1.807) is 0 Å². The van der Waals surface area contributed by atoms with Crippen molar-refractivity contribution in [2.75, 3.05) is 13.1 Å². The highest BCUT2D eigenvalue weighted by atomic mass is 15.2. The van der Waals surface area contributed by atoms with Gasteiger partial charge in [-0.3, -0.25) is 4.90 Å². The van der Waals surface area contributed by atoms with Crippen LogP contribution in [0.1, 0.15) is 44.9 Å². The molecule has 96 valence electrons. The first-order chi connectivity index (χ1) is 8.33. The number of hydrogen-bond acceptors (Lipinski definition) is 2. The molecule has 0 aromatic rings. The maximum absolute atomic E-state index is 5.96. The molecule has 4 atom stereocenters. The number of fused-ring (bicyclic) bond motifs is 1. The lowest BCUT2D eigenvalue weighted by atomic mass is 9.78. The van der Waals surface area contributed by atoms with Crippen LogP contribution in [0.2, 0.25) is 0 Å². The third kappa shape index (κ3) is 2.58. The number of likely N-dealkylation sites (tertiary alicyclic amines) is 1. The molecule has 0 aromatic carbocycles. The van der Waals surface area contributed by atoms with E-state index < -0.39 is 0 Å². The van der Waals surface area contributed by atoms with E-state index in [0.717, 1.165) is 17.9 Å². The fourth-order valence-corrected chi connectivity index (χ4v) is 4.20. The van der Waals surface area contributed by atoms with E-state index in [1.165, 1.54) is 58.0 Å². The van der Waals surface area contributed by atoms with Crippen LogP contribution in [0.5, 0.6) is 0 Å². The lowest BCUT2D eigenvalue weighted by Crippen LogP contribution is -2.48. The molecular weight excluding hydrogens is 208 g/mol. The second-order valence-corrected chi connectivity index (χ2v) is 6.29. The maximum atomic E-state index is 5.96. The van der Waals surface area contributed by atoms with Gasteiger partial charge in [0, 0.05) is 18.6 Å². The Morgan fingerprint density at radius 3 is 2.71 bits per heavy atom. The number of nitrogens with zero attached hydrogens (tertiary/aromatic N) is 1. The zero-order valence-corrected chi connectivity index (χ0v) is 10.9. The van der Waals surface area contributed by atoms with Crippen LogP contribution in [0.15, 0.2) is 12.2 Å². The number of nitrogens with two attached hydrogens (primary N) is 1. The summed E-state index contributed by atoms with van der Waals surface area (Å²) in [5.74, 6) is 1.74. The molecule has 1 saturated heterocycles. The third-order valence-electron chi connectivity index (χ3n) is 5.03. The average molecular weight is 234 g/mol. The molecular formula is C15H26N2. The highest BCUT2D eigenvalue weighted by Crippen LogP contribution is 2.36. The van der Waals surface area contributed by atoms with Gasteiger partial charge in [0.1, 0.15) is 0 Å². The SMILES string of the molecule is NC1C=CC(CN2CCCC3CCCCC32)C1. The van der Waals surface area contributed by atoms with Gasteiger partial charge in [-0.15, -0.1) is 0 Å². The summed E-state index contributed by atoms with van der Waals surface area (Å²) in [6.07, 6.45) is 14.5. The van der Waals surface area contributed by atoms with Crippen molar-refractivity contribution in [3.8, 4) is 0 Å². The zero-order valence-electron chi connectivity index (χ0n) is 10.9. The molecule has 1 saturated carbocycles. The van der Waals surface area contributed by atoms with Gasteiger partial charge in [0.05, 0.1) is 0 Å². The second-order valence-electron chi connectivity index (χ2n) is 6.29. The van der Waals surface area contributed by atoms with Crippen LogP contribution < -0.4 is 5.73 Å². The van der Waals surface area contributed by atoms with Gasteiger partial charge in [-0.1, -0.05) is 25.0 Å². The van der Waals surface area contributed by atoms with Gasteiger partial charge in [0.2, 0.25) is 0 Å². The van der Waals surface area contributed by atoms with E-state index in [2.05, 4.69) is 17.1 Å². The van der Waals surface area contributed by atoms with Crippen LogP contribution in [-0.4, -0.2) is 30.1 Å². The monoisotopic (exact) mass is 234 g/mol. The molecule has 0 bridgehead atoms.